The van der Waals surface area contributed by atoms with Gasteiger partial charge in [-0.3, -0.25) is 0 Å². The molecule has 20 rings (SSSR count). The number of rotatable bonds is 20. The molecule has 20 aliphatic rings. The topological polar surface area (TPSA) is 147 Å². The van der Waals surface area contributed by atoms with Gasteiger partial charge in [0, 0.05) is 39.6 Å². The monoisotopic (exact) mass is 3360 g/mol. The largest absolute Gasteiger partial charge is 0.554 e. The molecule has 0 aromatic heterocycles. The fourth-order valence-electron chi connectivity index (χ4n) is 35.3. The summed E-state index contributed by atoms with van der Waals surface area (Å²) in [5.74, 6) is 20.8. The van der Waals surface area contributed by atoms with Crippen LogP contribution >= 0.6 is 33.2 Å². The minimum atomic E-state index is -4.54. The number of aliphatic hydroxyl groups is 5. The van der Waals surface area contributed by atoms with Gasteiger partial charge in [-0.1, -0.05) is 126 Å². The second kappa shape index (κ2) is 44.3. The van der Waals surface area contributed by atoms with E-state index in [1.807, 2.05) is 103 Å². The summed E-state index contributed by atoms with van der Waals surface area (Å²) in [5.41, 5.74) is -1.62. The summed E-state index contributed by atoms with van der Waals surface area (Å²) >= 11 is 16.5. The number of fused-ring (bicyclic) bond motifs is 45. The van der Waals surface area contributed by atoms with Crippen molar-refractivity contribution in [2.45, 2.75) is 359 Å². The Morgan fingerprint density at radius 2 is 0.394 bits per heavy atom. The van der Waals surface area contributed by atoms with Gasteiger partial charge in [0.1, 0.15) is 7.38 Å². The molecule has 0 aliphatic heterocycles. The molecule has 10 nitrogen and oxygen atoms in total. The average Bonchev–Trinajstić information content (AvgIpc) is 1.56. The van der Waals surface area contributed by atoms with Gasteiger partial charge in [0.15, 0.2) is 0 Å². The summed E-state index contributed by atoms with van der Waals surface area (Å²) < 4.78 is 217. The van der Waals surface area contributed by atoms with Crippen LogP contribution in [0.25, 0.3) is 0 Å². The second-order valence-corrected chi connectivity index (χ2v) is 70.6. The van der Waals surface area contributed by atoms with Crippen LogP contribution in [-0.4, -0.2) is 121 Å². The molecule has 37 heteroatoms. The molecule has 782 valence electrons. The molecule has 20 aliphatic carbocycles. The van der Waals surface area contributed by atoms with E-state index in [1.165, 1.54) is 96.3 Å². The minimum absolute atomic E-state index is 0. The SMILES string of the molecule is CC.CC1(C[C-](O)C(F)(F)F)CC2CC1C1C3CCC(C3)C21.CC1(C[C-](O)C(F)(F)F)CC2CC1C1C3CCC(C3)C21.CC1(C[C-](O)C(F)(F)F)CC2CC1C1C3CCC(C3)C21.CC1(C[C-](O)C(F)(F)F)CC2CC1C1C3CCC(C3)C21.CC1(C[C-](O)C(F)(F)F)CC2CC1C1C3CCC(C3)C21.CCO[Si](C)(C)OCC.CCO[Si](C)(OCC)OCC.C[Si](C)(C)Cl.C[Si](C)(Cl)Cl.[Rf].[Rf].[Rf].[Rf].[Rf]. The maximum Gasteiger partial charge on any atom is 0.497 e. The van der Waals surface area contributed by atoms with Gasteiger partial charge < -0.3 is 47.7 Å². The van der Waals surface area contributed by atoms with Gasteiger partial charge in [0.2, 0.25) is 6.69 Å². The maximum atomic E-state index is 12.6. The molecule has 0 amide bonds. The molecule has 0 spiro atoms. The molecular formula is C100H165Cl3F15O10Rf5Si4-5. The van der Waals surface area contributed by atoms with E-state index in [9.17, 15) is 91.4 Å². The predicted octanol–water partition coefficient (Wildman–Crippen LogP) is 31.4. The average molecular weight is 3370 g/mol. The van der Waals surface area contributed by atoms with Crippen molar-refractivity contribution in [1.82, 2.24) is 0 Å². The Balaban J connectivity index is 0.000000242. The molecule has 35 atom stereocenters. The molecule has 20 bridgehead atoms. The van der Waals surface area contributed by atoms with Crippen molar-refractivity contribution in [1.29, 1.82) is 0 Å². The van der Waals surface area contributed by atoms with Gasteiger partial charge in [-0.15, -0.1) is 54.3 Å². The molecule has 0 saturated heterocycles. The Labute approximate surface area is 800 Å². The van der Waals surface area contributed by atoms with Gasteiger partial charge in [-0.05, 0) is 399 Å². The van der Waals surface area contributed by atoms with Gasteiger partial charge in [-0.2, -0.15) is 11.1 Å². The van der Waals surface area contributed by atoms with Gasteiger partial charge >= 0.3 is 17.4 Å². The number of hydrogen-bond acceptors (Lipinski definition) is 10. The van der Waals surface area contributed by atoms with Gasteiger partial charge in [-0.25, -0.2) is 65.9 Å². The molecule has 0 aromatic rings. The standard InChI is InChI=1S/5C16H22F3O.C7H18O3Si.C6H16O2Si.C3H9ClSi.C2H6Cl2Si.C2H6.5Rf/c5*1-15(7-12(20)16(17,18)19)6-10-5-11(15)14-9-3-2-8(4-9)13(10)14;1-5-8-11(4,9-6-2)10-7-3;1-5-7-9(3,4)8-6-2;2*1-5(2,3)4;1-2;;;;;/h5*8-11,13-14,20H,2-7H2,1H3;5-7H2,1-4H3;5-6H2,1-4H3;1-3H3;1-2H3;1-2H3;;;;;/q5*-1;;;;;;;;;;. The number of aliphatic hydroxyl groups excluding tert-OH is 5. The molecule has 20 saturated carbocycles. The van der Waals surface area contributed by atoms with Crippen LogP contribution in [0, 0.1) is 235 Å². The zero-order chi connectivity index (χ0) is 98.5. The van der Waals surface area contributed by atoms with E-state index >= 15 is 0 Å². The van der Waals surface area contributed by atoms with Crippen LogP contribution in [0.3, 0.4) is 0 Å². The third kappa shape index (κ3) is 26.0. The Morgan fingerprint density at radius 3 is 0.518 bits per heavy atom. The van der Waals surface area contributed by atoms with Crippen molar-refractivity contribution < 1.29 is 114 Å². The summed E-state index contributed by atoms with van der Waals surface area (Å²) in [4.78, 5) is 0. The van der Waals surface area contributed by atoms with E-state index in [0.717, 1.165) is 166 Å². The smallest absolute Gasteiger partial charge is 0.497 e. The van der Waals surface area contributed by atoms with Crippen LogP contribution in [0.1, 0.15) is 276 Å². The quantitative estimate of drug-likeness (QED) is 0.0262. The molecule has 0 radical (unpaired) electrons. The summed E-state index contributed by atoms with van der Waals surface area (Å²) in [5, 5.41) is 47.0. The first kappa shape index (κ1) is 121. The van der Waals surface area contributed by atoms with Crippen molar-refractivity contribution in [2.75, 3.05) is 33.0 Å². The third-order valence-corrected chi connectivity index (χ3v) is 42.3. The molecular weight excluding hydrogens is 3200 g/mol. The molecule has 35 unspecified atom stereocenters. The van der Waals surface area contributed by atoms with Gasteiger partial charge in [0.05, 0.1) is 0 Å². The molecule has 0 heterocycles. The van der Waals surface area contributed by atoms with Crippen molar-refractivity contribution in [3.63, 3.8) is 0 Å². The van der Waals surface area contributed by atoms with Crippen LogP contribution in [0.2, 0.25) is 52.4 Å². The van der Waals surface area contributed by atoms with Crippen LogP contribution < -0.4 is 0 Å². The third-order valence-electron chi connectivity index (χ3n) is 37.9. The zero-order valence-electron chi connectivity index (χ0n) is 86.2. The van der Waals surface area contributed by atoms with Crippen molar-refractivity contribution in [3.05, 3.63) is 30.5 Å². The Hall–Kier alpha value is -4.71. The normalized spacial score (nSPS) is 41.4. The van der Waals surface area contributed by atoms with E-state index in [-0.39, 0.29) is 59.2 Å². The second-order valence-electron chi connectivity index (χ2n) is 48.2. The fraction of sp³-hybridized carbons (Fsp3) is 0.950. The number of halogens is 18. The van der Waals surface area contributed by atoms with E-state index in [4.69, 9.17) is 55.4 Å². The first-order valence-electron chi connectivity index (χ1n) is 51.1. The minimum Gasteiger partial charge on any atom is -0.554 e. The maximum absolute atomic E-state index is 12.6. The fourth-order valence-corrected chi connectivity index (χ4v) is 38.6. The Bertz CT molecular complexity index is 3210. The Kier molecular flexibility index (Phi) is 39.1. The number of alkyl halides is 15. The Morgan fingerprint density at radius 1 is 0.263 bits per heavy atom. The van der Waals surface area contributed by atoms with Crippen molar-refractivity contribution in [3.8, 4) is 0 Å². The summed E-state index contributed by atoms with van der Waals surface area (Å²) in [6, 6.07) is 0. The predicted molar refractivity (Wildman–Crippen MR) is 497 cm³/mol. The van der Waals surface area contributed by atoms with E-state index < -0.39 is 92.8 Å². The van der Waals surface area contributed by atoms with Crippen molar-refractivity contribution >= 4 is 64.7 Å². The summed E-state index contributed by atoms with van der Waals surface area (Å²) in [6.07, 6.45) is 0.0462. The van der Waals surface area contributed by atoms with Crippen LogP contribution in [0.5, 0.6) is 0 Å². The van der Waals surface area contributed by atoms with Crippen LogP contribution in [-0.2, 0) is 22.1 Å². The van der Waals surface area contributed by atoms with Gasteiger partial charge in [0.25, 0.3) is 30.9 Å². The summed E-state index contributed by atoms with van der Waals surface area (Å²) in [6.45, 7) is 41.6. The summed E-state index contributed by atoms with van der Waals surface area (Å²) in [7, 11) is -5.09. The first-order valence-corrected chi connectivity index (χ1v) is 65.7. The van der Waals surface area contributed by atoms with Crippen LogP contribution in [0.15, 0.2) is 0 Å². The molecule has 137 heavy (non-hydrogen) atoms. The van der Waals surface area contributed by atoms with Crippen molar-refractivity contribution in [2.24, 2.45) is 205 Å². The van der Waals surface area contributed by atoms with E-state index in [1.54, 1.807) is 0 Å². The van der Waals surface area contributed by atoms with E-state index in [0.29, 0.717) is 109 Å². The molecule has 20 fully saturated rings. The van der Waals surface area contributed by atoms with Crippen LogP contribution in [0.4, 0.5) is 65.9 Å². The molecule has 5 N–H and O–H groups in total. The first-order chi connectivity index (χ1) is 60.8. The number of hydrogen-bond donors (Lipinski definition) is 5. The van der Waals surface area contributed by atoms with E-state index in [2.05, 4.69) is 32.7 Å². The zero-order valence-corrected chi connectivity index (χ0v) is 124. The molecule has 0 aromatic carbocycles.